The molecule has 128 heavy (non-hydrogen) atoms. The van der Waals surface area contributed by atoms with Crippen LogP contribution in [0.4, 0.5) is 57.9 Å². The predicted molar refractivity (Wildman–Crippen MR) is 470 cm³/mol. The van der Waals surface area contributed by atoms with Crippen LogP contribution in [0.2, 0.25) is 0 Å². The zero-order valence-electron chi connectivity index (χ0n) is 66.0. The first-order valence-corrected chi connectivity index (χ1v) is 42.7. The van der Waals surface area contributed by atoms with E-state index in [9.17, 15) is 77.6 Å². The van der Waals surface area contributed by atoms with Crippen LogP contribution >= 0.6 is 0 Å². The van der Waals surface area contributed by atoms with Gasteiger partial charge in [0.1, 0.15) is 27.0 Å². The summed E-state index contributed by atoms with van der Waals surface area (Å²) in [6.07, 6.45) is 0. The Morgan fingerprint density at radius 2 is 0.828 bits per heavy atom. The summed E-state index contributed by atoms with van der Waals surface area (Å²) in [5.41, 5.74) is -1.34. The van der Waals surface area contributed by atoms with Gasteiger partial charge >= 0.3 is 18.0 Å². The monoisotopic (exact) mass is 1770 g/mol. The highest BCUT2D eigenvalue weighted by Crippen LogP contribution is 2.48. The lowest BCUT2D eigenvalue weighted by molar-refractivity contribution is -0.120. The van der Waals surface area contributed by atoms with Crippen LogP contribution in [-0.2, 0) is 49.2 Å². The second-order valence-electron chi connectivity index (χ2n) is 29.1. The van der Waals surface area contributed by atoms with Crippen molar-refractivity contribution >= 4 is 167 Å². The predicted octanol–water partition coefficient (Wildman–Crippen LogP) is 14.0. The van der Waals surface area contributed by atoms with Gasteiger partial charge in [0.05, 0.1) is 66.5 Å². The second kappa shape index (κ2) is 32.2. The van der Waals surface area contributed by atoms with E-state index >= 15 is 4.79 Å². The molecule has 0 amide bonds. The third-order valence-corrected chi connectivity index (χ3v) is 24.0. The van der Waals surface area contributed by atoms with Crippen molar-refractivity contribution in [3.8, 4) is 51.5 Å². The van der Waals surface area contributed by atoms with Crippen molar-refractivity contribution in [1.29, 1.82) is 0 Å². The number of ketones is 4. The lowest BCUT2D eigenvalue weighted by Crippen LogP contribution is -2.29. The molecular weight excluding hydrogens is 1710 g/mol. The summed E-state index contributed by atoms with van der Waals surface area (Å²) in [4.78, 5) is 137. The lowest BCUT2D eigenvalue weighted by atomic mass is 9.80. The topological polar surface area (TPSA) is 507 Å². The van der Waals surface area contributed by atoms with Gasteiger partial charge in [0.2, 0.25) is 23.8 Å². The summed E-state index contributed by atoms with van der Waals surface area (Å²) in [6.45, 7) is 0.0384. The molecule has 4 heterocycles. The number of benzene rings is 12. The highest BCUT2D eigenvalue weighted by molar-refractivity contribution is 7.86. The highest BCUT2D eigenvalue weighted by atomic mass is 32.2. The van der Waals surface area contributed by atoms with Crippen LogP contribution in [0, 0.1) is 0 Å². The van der Waals surface area contributed by atoms with Crippen LogP contribution in [0.25, 0.3) is 65.6 Å². The fourth-order valence-corrected chi connectivity index (χ4v) is 17.3. The number of pyridine rings is 2. The van der Waals surface area contributed by atoms with E-state index in [1.54, 1.807) is 127 Å². The largest absolute Gasteiger partial charge is 0.478 e. The maximum absolute atomic E-state index is 15.1. The molecule has 634 valence electrons. The van der Waals surface area contributed by atoms with Crippen LogP contribution in [0.3, 0.4) is 0 Å². The first-order valence-electron chi connectivity index (χ1n) is 38.4. The number of ether oxygens (including phenoxy) is 3. The van der Waals surface area contributed by atoms with Gasteiger partial charge in [-0.1, -0.05) is 115 Å². The molecule has 0 atom stereocenters. The smallest absolute Gasteiger partial charge is 0.335 e. The average molecular weight is 1770 g/mol. The Morgan fingerprint density at radius 3 is 1.34 bits per heavy atom. The number of carbonyl (C=O) groups excluding carboxylic acids is 5. The summed E-state index contributed by atoms with van der Waals surface area (Å²) in [5.74, 6) is -4.30. The van der Waals surface area contributed by atoms with Crippen molar-refractivity contribution in [2.24, 2.45) is 14.1 Å². The maximum atomic E-state index is 15.1. The van der Waals surface area contributed by atoms with Crippen molar-refractivity contribution in [3.05, 3.63) is 307 Å². The summed E-state index contributed by atoms with van der Waals surface area (Å²) >= 11 is 0. The quantitative estimate of drug-likeness (QED) is 0.00989. The molecular formula is C90H60N14O21S3. The van der Waals surface area contributed by atoms with Crippen molar-refractivity contribution < 1.29 is 87.0 Å². The molecule has 18 rings (SSSR count). The standard InChI is InChI=1S/C90H60N14O21S3/c1-103-66-31-29-62(72-74(66)70(58-15-6-8-17-60(58)80(72)108)76(82(103)110)78(106)45-11-4-3-5-12-45)93-52-24-33-69(128(120,121)122)65(42-52)96-88-98-86(100-90(102-88)125-56-28-23-48-38-54(123-44-105)26-21-49(48)40-56)92-36-35-91-85-97-87(101-89(99-85)124-55-27-22-46-37-51(84(112)113)20-19-47(46)39-55)94-53-25-34-68(127(117,118)119)64(43-53)95-63-30-32-67-75-71(59-16-7-9-18-61(59)81(109)73(63)75)77(83(111)104(67)2)79(107)50-13-10-14-57(41-50)126(114,115)116/h3-34,37-44,93,95H,35-36H2,1-2H3,(H,112,113)(H,114,115,116)(H,117,118,119)(H,120,121,122)(H2,91,94,97,99,101)(H2,92,96,98,100,102). The molecule has 16 aromatic rings. The maximum Gasteiger partial charge on any atom is 0.335 e. The van der Waals surface area contributed by atoms with E-state index in [0.29, 0.717) is 32.6 Å². The number of aromatic carboxylic acids is 1. The van der Waals surface area contributed by atoms with E-state index in [4.69, 9.17) is 14.2 Å². The van der Waals surface area contributed by atoms with Crippen molar-refractivity contribution in [1.82, 2.24) is 39.0 Å². The number of aryl methyl sites for hydroxylation is 2. The van der Waals surface area contributed by atoms with Gasteiger partial charge in [-0.2, -0.15) is 55.2 Å². The molecule has 0 saturated carbocycles. The Hall–Kier alpha value is -16.7. The average Bonchev–Trinajstić information content (AvgIpc) is 0.709. The minimum atomic E-state index is -5.15. The van der Waals surface area contributed by atoms with Crippen LogP contribution in [0.1, 0.15) is 74.0 Å². The van der Waals surface area contributed by atoms with Crippen LogP contribution in [0.15, 0.2) is 261 Å². The number of nitrogens with zero attached hydrogens (tertiary/aromatic N) is 8. The zero-order valence-corrected chi connectivity index (χ0v) is 68.5. The summed E-state index contributed by atoms with van der Waals surface area (Å²) in [5, 5.41) is 30.7. The Kier molecular flexibility index (Phi) is 20.7. The molecule has 4 aromatic heterocycles. The lowest BCUT2D eigenvalue weighted by Gasteiger charge is -2.26. The van der Waals surface area contributed by atoms with E-state index in [1.807, 2.05) is 0 Å². The summed E-state index contributed by atoms with van der Waals surface area (Å²) in [6, 6.07) is 56.5. The number of fused-ring (bicyclic) bond motifs is 6. The molecule has 0 radical (unpaired) electrons. The van der Waals surface area contributed by atoms with Crippen molar-refractivity contribution in [3.63, 3.8) is 0 Å². The number of carboxylic acid groups (broad SMARTS) is 1. The molecule has 10 N–H and O–H groups in total. The van der Waals surface area contributed by atoms with Gasteiger partial charge in [0.25, 0.3) is 47.9 Å². The first kappa shape index (κ1) is 82.3. The molecule has 0 saturated heterocycles. The fraction of sp³-hybridized carbons (Fsp3) is 0.0444. The molecule has 12 aromatic carbocycles. The third-order valence-electron chi connectivity index (χ3n) is 21.3. The van der Waals surface area contributed by atoms with Crippen LogP contribution in [-0.4, -0.2) is 132 Å². The Morgan fingerprint density at radius 1 is 0.391 bits per heavy atom. The number of nitrogens with one attached hydrogen (secondary N) is 6. The molecule has 0 aliphatic heterocycles. The SMILES string of the molecule is Cn1c(=O)c(C(=O)c2ccccc2)c2c3c(c(Nc4ccc(S(=O)(=O)O)c(Nc5nc(NCCNc6nc(Nc7ccc(S(=O)(=O)O)c(Nc8ccc9c%10c8C(=O)c8ccccc8-c%10c(C(=O)c8cccc(S(=O)(=O)O)c8)c(=O)n9C)c7)nc(Oc7ccc8cc(C(=O)O)ccc8c7)n6)nc(Oc6ccc7cc(OC=O)ccc7c6)n5)c4)ccc31)C(=O)c1ccccc1-2. The number of aromatic nitrogens is 8. The minimum absolute atomic E-state index is 0.00544. The molecule has 0 spiro atoms. The number of hydrogen-bond acceptors (Lipinski definition) is 29. The summed E-state index contributed by atoms with van der Waals surface area (Å²) in [7, 11) is -12.3. The minimum Gasteiger partial charge on any atom is -0.478 e. The van der Waals surface area contributed by atoms with Gasteiger partial charge in [0, 0.05) is 82.7 Å². The first-order chi connectivity index (χ1) is 61.4. The van der Waals surface area contributed by atoms with Gasteiger partial charge in [-0.05, 0) is 154 Å². The molecule has 2 aliphatic carbocycles. The number of hydrogen-bond donors (Lipinski definition) is 10. The normalized spacial score (nSPS) is 12.1. The van der Waals surface area contributed by atoms with Gasteiger partial charge in [-0.3, -0.25) is 47.2 Å². The van der Waals surface area contributed by atoms with E-state index in [2.05, 4.69) is 61.8 Å². The Balaban J connectivity index is 0.679. The molecule has 0 fully saturated rings. The number of anilines is 10. The molecule has 2 aliphatic rings. The van der Waals surface area contributed by atoms with Crippen molar-refractivity contribution in [2.75, 3.05) is 45.0 Å². The van der Waals surface area contributed by atoms with Crippen molar-refractivity contribution in [2.45, 2.75) is 14.7 Å². The number of carbonyl (C=O) groups is 6. The second-order valence-corrected chi connectivity index (χ2v) is 33.3. The highest BCUT2D eigenvalue weighted by Gasteiger charge is 2.38. The third kappa shape index (κ3) is 15.5. The number of rotatable bonds is 27. The fourth-order valence-electron chi connectivity index (χ4n) is 15.5. The van der Waals surface area contributed by atoms with Crippen LogP contribution in [0.5, 0.6) is 29.3 Å². The van der Waals surface area contributed by atoms with Gasteiger partial charge in [-0.25, -0.2) is 4.79 Å². The Bertz CT molecular complexity index is 8100. The van der Waals surface area contributed by atoms with E-state index in [0.717, 1.165) is 28.8 Å². The van der Waals surface area contributed by atoms with E-state index in [1.165, 1.54) is 104 Å². The molecule has 0 bridgehead atoms. The van der Waals surface area contributed by atoms with Crippen LogP contribution < -0.4 is 57.2 Å². The molecule has 0 unspecified atom stereocenters. The molecule has 35 nitrogen and oxygen atoms in total. The van der Waals surface area contributed by atoms with Gasteiger partial charge in [-0.15, -0.1) is 0 Å². The van der Waals surface area contributed by atoms with Gasteiger partial charge in [0.15, 0.2) is 23.1 Å². The zero-order chi connectivity index (χ0) is 89.5. The Labute approximate surface area is 721 Å². The molecule has 38 heteroatoms. The number of carboxylic acids is 1. The summed E-state index contributed by atoms with van der Waals surface area (Å²) < 4.78 is 130. The van der Waals surface area contributed by atoms with E-state index in [-0.39, 0.29) is 184 Å². The van der Waals surface area contributed by atoms with E-state index < -0.39 is 90.8 Å². The van der Waals surface area contributed by atoms with Gasteiger partial charge < -0.3 is 60.4 Å².